The summed E-state index contributed by atoms with van der Waals surface area (Å²) in [6.07, 6.45) is 3.39. The molecule has 0 radical (unpaired) electrons. The van der Waals surface area contributed by atoms with Crippen LogP contribution in [0.4, 0.5) is 0 Å². The van der Waals surface area contributed by atoms with Crippen LogP contribution in [0.1, 0.15) is 30.9 Å². The molecule has 1 aromatic carbocycles. The Morgan fingerprint density at radius 2 is 1.89 bits per heavy atom. The molecule has 0 unspecified atom stereocenters. The Labute approximate surface area is 111 Å². The van der Waals surface area contributed by atoms with Gasteiger partial charge in [-0.05, 0) is 36.7 Å². The van der Waals surface area contributed by atoms with E-state index in [-0.39, 0.29) is 11.8 Å². The number of nitrogens with one attached hydrogen (secondary N) is 1. The highest BCUT2D eigenvalue weighted by Crippen LogP contribution is 2.54. The molecule has 0 saturated heterocycles. The van der Waals surface area contributed by atoms with E-state index in [4.69, 9.17) is 0 Å². The lowest BCUT2D eigenvalue weighted by Crippen LogP contribution is -2.35. The molecule has 19 heavy (non-hydrogen) atoms. The van der Waals surface area contributed by atoms with Gasteiger partial charge in [-0.15, -0.1) is 0 Å². The van der Waals surface area contributed by atoms with Crippen LogP contribution in [0.15, 0.2) is 30.3 Å². The van der Waals surface area contributed by atoms with Gasteiger partial charge < -0.3 is 10.4 Å². The molecule has 0 aromatic heterocycles. The fourth-order valence-corrected chi connectivity index (χ4v) is 2.74. The fraction of sp³-hybridized carbons (Fsp3) is 0.467. The van der Waals surface area contributed by atoms with Crippen LogP contribution in [-0.2, 0) is 9.59 Å². The van der Waals surface area contributed by atoms with Crippen LogP contribution in [0.25, 0.3) is 0 Å². The number of carboxylic acids is 1. The van der Waals surface area contributed by atoms with Crippen molar-refractivity contribution in [1.29, 1.82) is 0 Å². The van der Waals surface area contributed by atoms with E-state index >= 15 is 0 Å². The van der Waals surface area contributed by atoms with E-state index < -0.39 is 12.0 Å². The minimum atomic E-state index is -1.01. The third-order valence-electron chi connectivity index (χ3n) is 4.07. The van der Waals surface area contributed by atoms with Crippen LogP contribution < -0.4 is 5.32 Å². The summed E-state index contributed by atoms with van der Waals surface area (Å²) in [6, 6.07) is 7.90. The average molecular weight is 259 g/mol. The molecule has 0 bridgehead atoms. The fourth-order valence-electron chi connectivity index (χ4n) is 2.74. The van der Waals surface area contributed by atoms with E-state index in [2.05, 4.69) is 5.32 Å². The zero-order valence-corrected chi connectivity index (χ0v) is 10.6. The molecule has 2 aliphatic rings. The van der Waals surface area contributed by atoms with Crippen molar-refractivity contribution in [3.05, 3.63) is 35.9 Å². The lowest BCUT2D eigenvalue weighted by Gasteiger charge is -2.14. The van der Waals surface area contributed by atoms with Gasteiger partial charge in [-0.1, -0.05) is 30.3 Å². The van der Waals surface area contributed by atoms with Crippen molar-refractivity contribution < 1.29 is 14.7 Å². The molecule has 0 heterocycles. The number of hydrogen-bond acceptors (Lipinski definition) is 2. The number of hydrogen-bond donors (Lipinski definition) is 2. The smallest absolute Gasteiger partial charge is 0.330 e. The Morgan fingerprint density at radius 1 is 1.21 bits per heavy atom. The van der Waals surface area contributed by atoms with E-state index in [1.54, 1.807) is 24.3 Å². The Morgan fingerprint density at radius 3 is 2.47 bits per heavy atom. The zero-order valence-electron chi connectivity index (χ0n) is 10.6. The molecule has 2 aliphatic carbocycles. The first kappa shape index (κ1) is 12.2. The van der Waals surface area contributed by atoms with Gasteiger partial charge in [-0.25, -0.2) is 4.79 Å². The minimum absolute atomic E-state index is 0.0399. The first-order chi connectivity index (χ1) is 9.16. The van der Waals surface area contributed by atoms with Gasteiger partial charge in [0, 0.05) is 5.92 Å². The second kappa shape index (κ2) is 4.68. The molecule has 1 aromatic rings. The quantitative estimate of drug-likeness (QED) is 0.849. The van der Waals surface area contributed by atoms with Crippen molar-refractivity contribution in [3.63, 3.8) is 0 Å². The maximum atomic E-state index is 12.1. The molecule has 3 rings (SSSR count). The van der Waals surface area contributed by atoms with Gasteiger partial charge >= 0.3 is 5.97 Å². The van der Waals surface area contributed by atoms with Gasteiger partial charge in [0.15, 0.2) is 6.04 Å². The SMILES string of the molecule is O=C(O)[C@@H](NC(=O)[C@@H]1C[C@H]1C1CC1)c1ccccc1. The highest BCUT2D eigenvalue weighted by molar-refractivity contribution is 5.87. The molecule has 2 N–H and O–H groups in total. The molecule has 3 atom stereocenters. The van der Waals surface area contributed by atoms with Crippen molar-refractivity contribution in [3.8, 4) is 0 Å². The number of aliphatic carboxylic acids is 1. The van der Waals surface area contributed by atoms with E-state index in [1.165, 1.54) is 12.8 Å². The summed E-state index contributed by atoms with van der Waals surface area (Å²) < 4.78 is 0. The normalized spacial score (nSPS) is 26.5. The van der Waals surface area contributed by atoms with Crippen LogP contribution in [0.3, 0.4) is 0 Å². The third-order valence-corrected chi connectivity index (χ3v) is 4.07. The molecule has 1 amide bonds. The first-order valence-electron chi connectivity index (χ1n) is 6.75. The van der Waals surface area contributed by atoms with E-state index in [0.29, 0.717) is 11.5 Å². The Hall–Kier alpha value is -1.84. The maximum absolute atomic E-state index is 12.1. The molecule has 0 aliphatic heterocycles. The highest BCUT2D eigenvalue weighted by atomic mass is 16.4. The largest absolute Gasteiger partial charge is 0.479 e. The summed E-state index contributed by atoms with van der Waals surface area (Å²) in [5.74, 6) is 0.148. The van der Waals surface area contributed by atoms with E-state index in [1.807, 2.05) is 6.07 Å². The predicted molar refractivity (Wildman–Crippen MR) is 69.3 cm³/mol. The average Bonchev–Trinajstić information content (AvgIpc) is 3.28. The molecule has 100 valence electrons. The summed E-state index contributed by atoms with van der Waals surface area (Å²) in [7, 11) is 0. The number of rotatable bonds is 5. The van der Waals surface area contributed by atoms with E-state index in [9.17, 15) is 14.7 Å². The Balaban J connectivity index is 1.65. The second-order valence-corrected chi connectivity index (χ2v) is 5.53. The summed E-state index contributed by atoms with van der Waals surface area (Å²) in [5.41, 5.74) is 0.618. The van der Waals surface area contributed by atoms with Crippen LogP contribution in [0.5, 0.6) is 0 Å². The maximum Gasteiger partial charge on any atom is 0.330 e. The lowest BCUT2D eigenvalue weighted by molar-refractivity contribution is -0.142. The van der Waals surface area contributed by atoms with Gasteiger partial charge in [0.1, 0.15) is 0 Å². The highest BCUT2D eigenvalue weighted by Gasteiger charge is 2.51. The number of carboxylic acid groups (broad SMARTS) is 1. The summed E-state index contributed by atoms with van der Waals surface area (Å²) in [5, 5.41) is 11.9. The van der Waals surface area contributed by atoms with Gasteiger partial charge in [0.2, 0.25) is 5.91 Å². The summed E-state index contributed by atoms with van der Waals surface area (Å²) in [6.45, 7) is 0. The number of amides is 1. The van der Waals surface area contributed by atoms with Crippen molar-refractivity contribution in [2.45, 2.75) is 25.3 Å². The van der Waals surface area contributed by atoms with Crippen molar-refractivity contribution in [1.82, 2.24) is 5.32 Å². The molecule has 0 spiro atoms. The van der Waals surface area contributed by atoms with Gasteiger partial charge in [0.25, 0.3) is 0 Å². The van der Waals surface area contributed by atoms with E-state index in [0.717, 1.165) is 12.3 Å². The van der Waals surface area contributed by atoms with Gasteiger partial charge in [0.05, 0.1) is 0 Å². The lowest BCUT2D eigenvalue weighted by atomic mass is 10.1. The first-order valence-corrected chi connectivity index (χ1v) is 6.75. The summed E-state index contributed by atoms with van der Waals surface area (Å²) >= 11 is 0. The van der Waals surface area contributed by atoms with Crippen LogP contribution >= 0.6 is 0 Å². The number of benzene rings is 1. The van der Waals surface area contributed by atoms with Gasteiger partial charge in [-0.2, -0.15) is 0 Å². The second-order valence-electron chi connectivity index (χ2n) is 5.53. The van der Waals surface area contributed by atoms with Crippen LogP contribution in [-0.4, -0.2) is 17.0 Å². The van der Waals surface area contributed by atoms with Crippen LogP contribution in [0.2, 0.25) is 0 Å². The topological polar surface area (TPSA) is 66.4 Å². The summed E-state index contributed by atoms with van der Waals surface area (Å²) in [4.78, 5) is 23.4. The molecule has 4 nitrogen and oxygen atoms in total. The Kier molecular flexibility index (Phi) is 3.01. The molecule has 2 fully saturated rings. The zero-order chi connectivity index (χ0) is 13.4. The Bertz CT molecular complexity index is 495. The monoisotopic (exact) mass is 259 g/mol. The molecule has 4 heteroatoms. The van der Waals surface area contributed by atoms with Crippen molar-refractivity contribution in [2.75, 3.05) is 0 Å². The predicted octanol–water partition coefficient (Wildman–Crippen LogP) is 1.97. The molecular weight excluding hydrogens is 242 g/mol. The van der Waals surface area contributed by atoms with Gasteiger partial charge in [-0.3, -0.25) is 4.79 Å². The van der Waals surface area contributed by atoms with Crippen LogP contribution in [0, 0.1) is 17.8 Å². The molecular formula is C15H17NO3. The third kappa shape index (κ3) is 2.62. The molecule has 2 saturated carbocycles. The van der Waals surface area contributed by atoms with Crippen molar-refractivity contribution in [2.24, 2.45) is 17.8 Å². The number of carbonyl (C=O) groups excluding carboxylic acids is 1. The minimum Gasteiger partial charge on any atom is -0.479 e. The van der Waals surface area contributed by atoms with Crippen molar-refractivity contribution >= 4 is 11.9 Å². The standard InChI is InChI=1S/C15H17NO3/c17-14(12-8-11(12)9-6-7-9)16-13(15(18)19)10-4-2-1-3-5-10/h1-5,9,11-13H,6-8H2,(H,16,17)(H,18,19)/t11-,12+,13-/m0/s1. The number of carbonyl (C=O) groups is 2.